The lowest BCUT2D eigenvalue weighted by Crippen LogP contribution is -2.21. The van der Waals surface area contributed by atoms with Crippen molar-refractivity contribution in [2.24, 2.45) is 5.73 Å². The number of unbranched alkanes of at least 4 members (excludes halogenated alkanes) is 1. The maximum absolute atomic E-state index is 11.6. The molecule has 0 fully saturated rings. The third kappa shape index (κ3) is 4.73. The van der Waals surface area contributed by atoms with Crippen LogP contribution in [0.3, 0.4) is 0 Å². The van der Waals surface area contributed by atoms with Crippen LogP contribution >= 0.6 is 0 Å². The lowest BCUT2D eigenvalue weighted by molar-refractivity contribution is 0.568. The van der Waals surface area contributed by atoms with E-state index in [1.54, 1.807) is 18.5 Å². The van der Waals surface area contributed by atoms with E-state index in [1.165, 1.54) is 0 Å². The molecule has 1 rings (SSSR count). The SMILES string of the molecule is CC(C)S(=O)(=O)CCn1cc(CCCCN)nn1. The normalized spacial score (nSPS) is 12.2. The van der Waals surface area contributed by atoms with Crippen LogP contribution in [-0.4, -0.2) is 41.0 Å². The molecule has 0 aliphatic rings. The molecule has 0 aliphatic heterocycles. The van der Waals surface area contributed by atoms with Crippen LogP contribution in [0, 0.1) is 0 Å². The molecule has 6 nitrogen and oxygen atoms in total. The average Bonchev–Trinajstić information content (AvgIpc) is 2.75. The second kappa shape index (κ2) is 6.84. The summed E-state index contributed by atoms with van der Waals surface area (Å²) in [6, 6.07) is 0. The van der Waals surface area contributed by atoms with Crippen LogP contribution in [0.4, 0.5) is 0 Å². The van der Waals surface area contributed by atoms with Crippen LogP contribution in [0.25, 0.3) is 0 Å². The second-order valence-corrected chi connectivity index (χ2v) is 7.31. The predicted octanol–water partition coefficient (Wildman–Crippen LogP) is 0.383. The number of nitrogens with zero attached hydrogens (tertiary/aromatic N) is 3. The van der Waals surface area contributed by atoms with Gasteiger partial charge in [-0.25, -0.2) is 8.42 Å². The van der Waals surface area contributed by atoms with E-state index in [2.05, 4.69) is 10.3 Å². The van der Waals surface area contributed by atoms with Gasteiger partial charge in [-0.3, -0.25) is 4.68 Å². The Bertz CT molecular complexity index is 453. The maximum Gasteiger partial charge on any atom is 0.154 e. The summed E-state index contributed by atoms with van der Waals surface area (Å²) >= 11 is 0. The number of aromatic nitrogens is 3. The second-order valence-electron chi connectivity index (χ2n) is 4.63. The van der Waals surface area contributed by atoms with E-state index in [0.717, 1.165) is 25.0 Å². The molecule has 2 N–H and O–H groups in total. The number of rotatable bonds is 8. The molecule has 0 saturated carbocycles. The Hall–Kier alpha value is -0.950. The zero-order valence-corrected chi connectivity index (χ0v) is 11.9. The fourth-order valence-electron chi connectivity index (χ4n) is 1.47. The Morgan fingerprint density at radius 1 is 1.39 bits per heavy atom. The van der Waals surface area contributed by atoms with Gasteiger partial charge in [0.25, 0.3) is 0 Å². The first-order valence-corrected chi connectivity index (χ1v) is 7.98. The highest BCUT2D eigenvalue weighted by Crippen LogP contribution is 2.03. The Labute approximate surface area is 108 Å². The molecule has 0 aliphatic carbocycles. The first kappa shape index (κ1) is 15.1. The van der Waals surface area contributed by atoms with Crippen LogP contribution in [0.1, 0.15) is 32.4 Å². The van der Waals surface area contributed by atoms with E-state index < -0.39 is 9.84 Å². The number of hydrogen-bond donors (Lipinski definition) is 1. The molecule has 0 spiro atoms. The molecule has 0 bridgehead atoms. The summed E-state index contributed by atoms with van der Waals surface area (Å²) in [5.41, 5.74) is 6.31. The molecule has 1 aromatic heterocycles. The van der Waals surface area contributed by atoms with Crippen molar-refractivity contribution >= 4 is 9.84 Å². The molecular formula is C11H22N4O2S. The first-order valence-electron chi connectivity index (χ1n) is 6.26. The Morgan fingerprint density at radius 2 is 2.11 bits per heavy atom. The number of sulfone groups is 1. The van der Waals surface area contributed by atoms with Gasteiger partial charge in [-0.15, -0.1) is 5.10 Å². The molecule has 0 unspecified atom stereocenters. The number of nitrogens with two attached hydrogens (primary N) is 1. The molecule has 0 amide bonds. The topological polar surface area (TPSA) is 90.9 Å². The summed E-state index contributed by atoms with van der Waals surface area (Å²) in [5, 5.41) is 7.60. The van der Waals surface area contributed by atoms with Gasteiger partial charge in [0.05, 0.1) is 23.2 Å². The van der Waals surface area contributed by atoms with E-state index in [0.29, 0.717) is 13.1 Å². The highest BCUT2D eigenvalue weighted by molar-refractivity contribution is 7.91. The third-order valence-electron chi connectivity index (χ3n) is 2.80. The summed E-state index contributed by atoms with van der Waals surface area (Å²) in [5.74, 6) is 0.107. The van der Waals surface area contributed by atoms with Crippen molar-refractivity contribution in [3.05, 3.63) is 11.9 Å². The summed E-state index contributed by atoms with van der Waals surface area (Å²) < 4.78 is 24.9. The van der Waals surface area contributed by atoms with Crippen molar-refractivity contribution in [2.45, 2.75) is 44.9 Å². The molecule has 0 atom stereocenters. The smallest absolute Gasteiger partial charge is 0.154 e. The van der Waals surface area contributed by atoms with Gasteiger partial charge < -0.3 is 5.73 Å². The number of hydrogen-bond acceptors (Lipinski definition) is 5. The highest BCUT2D eigenvalue weighted by atomic mass is 32.2. The van der Waals surface area contributed by atoms with Crippen molar-refractivity contribution in [1.29, 1.82) is 0 Å². The van der Waals surface area contributed by atoms with Crippen molar-refractivity contribution in [3.8, 4) is 0 Å². The minimum Gasteiger partial charge on any atom is -0.330 e. The van der Waals surface area contributed by atoms with Crippen molar-refractivity contribution in [2.75, 3.05) is 12.3 Å². The van der Waals surface area contributed by atoms with Crippen LogP contribution in [0.15, 0.2) is 6.20 Å². The molecular weight excluding hydrogens is 252 g/mol. The zero-order chi connectivity index (χ0) is 13.6. The Morgan fingerprint density at radius 3 is 2.72 bits per heavy atom. The molecule has 0 radical (unpaired) electrons. The summed E-state index contributed by atoms with van der Waals surface area (Å²) in [7, 11) is -3.01. The van der Waals surface area contributed by atoms with E-state index >= 15 is 0 Å². The Balaban J connectivity index is 2.45. The molecule has 1 aromatic rings. The van der Waals surface area contributed by atoms with Gasteiger partial charge in [0, 0.05) is 6.20 Å². The highest BCUT2D eigenvalue weighted by Gasteiger charge is 2.16. The van der Waals surface area contributed by atoms with Gasteiger partial charge in [0.1, 0.15) is 0 Å². The fourth-order valence-corrected chi connectivity index (χ4v) is 2.38. The van der Waals surface area contributed by atoms with Crippen LogP contribution in [0.2, 0.25) is 0 Å². The molecule has 7 heteroatoms. The first-order chi connectivity index (χ1) is 8.45. The monoisotopic (exact) mass is 274 g/mol. The van der Waals surface area contributed by atoms with Gasteiger partial charge in [0.2, 0.25) is 0 Å². The third-order valence-corrected chi connectivity index (χ3v) is 4.98. The molecule has 18 heavy (non-hydrogen) atoms. The fraction of sp³-hybridized carbons (Fsp3) is 0.818. The van der Waals surface area contributed by atoms with Gasteiger partial charge in [0.15, 0.2) is 9.84 Å². The summed E-state index contributed by atoms with van der Waals surface area (Å²) in [4.78, 5) is 0. The van der Waals surface area contributed by atoms with Crippen molar-refractivity contribution < 1.29 is 8.42 Å². The lowest BCUT2D eigenvalue weighted by Gasteiger charge is -2.06. The van der Waals surface area contributed by atoms with E-state index in [4.69, 9.17) is 5.73 Å². The average molecular weight is 274 g/mol. The van der Waals surface area contributed by atoms with Gasteiger partial charge >= 0.3 is 0 Å². The van der Waals surface area contributed by atoms with Gasteiger partial charge in [-0.05, 0) is 39.7 Å². The van der Waals surface area contributed by atoms with Crippen LogP contribution in [-0.2, 0) is 22.8 Å². The minimum atomic E-state index is -3.01. The largest absolute Gasteiger partial charge is 0.330 e. The van der Waals surface area contributed by atoms with Crippen LogP contribution < -0.4 is 5.73 Å². The van der Waals surface area contributed by atoms with E-state index in [-0.39, 0.29) is 11.0 Å². The standard InChI is InChI=1S/C11H22N4O2S/c1-10(2)18(16,17)8-7-15-9-11(13-14-15)5-3-4-6-12/h9-10H,3-8,12H2,1-2H3. The van der Waals surface area contributed by atoms with Crippen LogP contribution in [0.5, 0.6) is 0 Å². The predicted molar refractivity (Wildman–Crippen MR) is 70.9 cm³/mol. The Kier molecular flexibility index (Phi) is 5.74. The molecule has 0 saturated heterocycles. The van der Waals surface area contributed by atoms with Crippen molar-refractivity contribution in [1.82, 2.24) is 15.0 Å². The van der Waals surface area contributed by atoms with Gasteiger partial charge in [-0.2, -0.15) is 0 Å². The maximum atomic E-state index is 11.6. The molecule has 104 valence electrons. The molecule has 1 heterocycles. The summed E-state index contributed by atoms with van der Waals surface area (Å²) in [6.45, 7) is 4.43. The lowest BCUT2D eigenvalue weighted by atomic mass is 10.2. The molecule has 0 aromatic carbocycles. The minimum absolute atomic E-state index is 0.107. The summed E-state index contributed by atoms with van der Waals surface area (Å²) in [6.07, 6.45) is 4.61. The van der Waals surface area contributed by atoms with Crippen molar-refractivity contribution in [3.63, 3.8) is 0 Å². The van der Waals surface area contributed by atoms with E-state index in [9.17, 15) is 8.42 Å². The zero-order valence-electron chi connectivity index (χ0n) is 11.0. The quantitative estimate of drug-likeness (QED) is 0.692. The number of aryl methyl sites for hydroxylation is 2. The van der Waals surface area contributed by atoms with E-state index in [1.807, 2.05) is 6.20 Å². The van der Waals surface area contributed by atoms with Gasteiger partial charge in [-0.1, -0.05) is 5.21 Å².